The molecule has 0 aliphatic carbocycles. The first-order valence-electron chi connectivity index (χ1n) is 8.12. The number of nitrogens with zero attached hydrogens (tertiary/aromatic N) is 2. The van der Waals surface area contributed by atoms with Crippen molar-refractivity contribution in [2.75, 3.05) is 26.2 Å². The molecule has 1 aliphatic heterocycles. The molecule has 1 N–H and O–H groups in total. The second-order valence-electron chi connectivity index (χ2n) is 5.83. The molecule has 5 nitrogen and oxygen atoms in total. The molecule has 5 heteroatoms. The summed E-state index contributed by atoms with van der Waals surface area (Å²) in [4.78, 5) is 26.9. The van der Waals surface area contributed by atoms with Gasteiger partial charge < -0.3 is 15.1 Å². The van der Waals surface area contributed by atoms with Crippen LogP contribution in [0.5, 0.6) is 0 Å². The van der Waals surface area contributed by atoms with Crippen molar-refractivity contribution in [2.45, 2.75) is 6.04 Å². The summed E-state index contributed by atoms with van der Waals surface area (Å²) >= 11 is 0. The zero-order valence-corrected chi connectivity index (χ0v) is 13.5. The molecule has 0 unspecified atom stereocenters. The Bertz CT molecular complexity index is 628. The highest BCUT2D eigenvalue weighted by molar-refractivity contribution is 5.75. The highest BCUT2D eigenvalue weighted by Gasteiger charge is 2.23. The lowest BCUT2D eigenvalue weighted by molar-refractivity contribution is -0.119. The van der Waals surface area contributed by atoms with E-state index in [1.165, 1.54) is 0 Å². The van der Waals surface area contributed by atoms with E-state index in [-0.39, 0.29) is 12.1 Å². The number of carbonyl (C=O) groups excluding carboxylic acids is 2. The summed E-state index contributed by atoms with van der Waals surface area (Å²) in [5.41, 5.74) is 2.09. The Morgan fingerprint density at radius 3 is 1.83 bits per heavy atom. The molecule has 2 aromatic rings. The molecule has 124 valence electrons. The topological polar surface area (TPSA) is 52.7 Å². The maximum atomic E-state index is 12.7. The number of hydrogen-bond acceptors (Lipinski definition) is 2. The van der Waals surface area contributed by atoms with Crippen LogP contribution in [-0.4, -0.2) is 48.4 Å². The van der Waals surface area contributed by atoms with E-state index in [2.05, 4.69) is 5.32 Å². The van der Waals surface area contributed by atoms with E-state index in [0.29, 0.717) is 26.2 Å². The predicted octanol–water partition coefficient (Wildman–Crippen LogP) is 2.26. The van der Waals surface area contributed by atoms with E-state index in [9.17, 15) is 9.59 Å². The average Bonchev–Trinajstić information content (AvgIpc) is 2.67. The van der Waals surface area contributed by atoms with Gasteiger partial charge in [-0.2, -0.15) is 0 Å². The highest BCUT2D eigenvalue weighted by Crippen LogP contribution is 2.22. The van der Waals surface area contributed by atoms with Crippen LogP contribution in [0.2, 0.25) is 0 Å². The summed E-state index contributed by atoms with van der Waals surface area (Å²) < 4.78 is 0. The molecular formula is C19H21N3O2. The van der Waals surface area contributed by atoms with Gasteiger partial charge in [0, 0.05) is 26.2 Å². The Kier molecular flexibility index (Phi) is 5.11. The van der Waals surface area contributed by atoms with Crippen molar-refractivity contribution < 1.29 is 9.59 Å². The third-order valence-electron chi connectivity index (χ3n) is 4.28. The first-order chi connectivity index (χ1) is 11.8. The van der Waals surface area contributed by atoms with Crippen LogP contribution in [0.15, 0.2) is 60.7 Å². The summed E-state index contributed by atoms with van der Waals surface area (Å²) in [6.07, 6.45) is 0.839. The third-order valence-corrected chi connectivity index (χ3v) is 4.28. The van der Waals surface area contributed by atoms with E-state index in [1.54, 1.807) is 9.80 Å². The van der Waals surface area contributed by atoms with Crippen LogP contribution in [0.25, 0.3) is 0 Å². The number of nitrogens with one attached hydrogen (secondary N) is 1. The largest absolute Gasteiger partial charge is 0.342 e. The van der Waals surface area contributed by atoms with Crippen molar-refractivity contribution in [1.29, 1.82) is 0 Å². The van der Waals surface area contributed by atoms with E-state index in [0.717, 1.165) is 17.5 Å². The molecule has 3 amide bonds. The lowest BCUT2D eigenvalue weighted by atomic mass is 9.99. The number of urea groups is 1. The fourth-order valence-corrected chi connectivity index (χ4v) is 2.90. The monoisotopic (exact) mass is 323 g/mol. The minimum Gasteiger partial charge on any atom is -0.342 e. The van der Waals surface area contributed by atoms with Gasteiger partial charge in [0.2, 0.25) is 6.41 Å². The van der Waals surface area contributed by atoms with Gasteiger partial charge in [-0.1, -0.05) is 60.7 Å². The number of carbonyl (C=O) groups is 2. The fraction of sp³-hybridized carbons (Fsp3) is 0.263. The minimum atomic E-state index is -0.191. The lowest BCUT2D eigenvalue weighted by Crippen LogP contribution is -2.51. The van der Waals surface area contributed by atoms with E-state index in [1.807, 2.05) is 60.7 Å². The lowest BCUT2D eigenvalue weighted by Gasteiger charge is -2.33. The molecule has 1 fully saturated rings. The van der Waals surface area contributed by atoms with E-state index >= 15 is 0 Å². The third kappa shape index (κ3) is 3.74. The van der Waals surface area contributed by atoms with E-state index < -0.39 is 0 Å². The Morgan fingerprint density at radius 2 is 1.38 bits per heavy atom. The first-order valence-corrected chi connectivity index (χ1v) is 8.12. The molecule has 0 radical (unpaired) electrons. The molecule has 2 aromatic carbocycles. The van der Waals surface area contributed by atoms with Crippen molar-refractivity contribution in [3.05, 3.63) is 71.8 Å². The molecule has 24 heavy (non-hydrogen) atoms. The smallest absolute Gasteiger partial charge is 0.318 e. The summed E-state index contributed by atoms with van der Waals surface area (Å²) in [5, 5.41) is 3.13. The van der Waals surface area contributed by atoms with Gasteiger partial charge in [-0.3, -0.25) is 4.79 Å². The van der Waals surface area contributed by atoms with E-state index in [4.69, 9.17) is 0 Å². The molecule has 0 bridgehead atoms. The van der Waals surface area contributed by atoms with Gasteiger partial charge in [0.15, 0.2) is 0 Å². The number of benzene rings is 2. The predicted molar refractivity (Wildman–Crippen MR) is 92.5 cm³/mol. The SMILES string of the molecule is O=CN1CCN(C(=O)NC(c2ccccc2)c2ccccc2)CC1. The van der Waals surface area contributed by atoms with Crippen LogP contribution >= 0.6 is 0 Å². The average molecular weight is 323 g/mol. The number of hydrogen-bond donors (Lipinski definition) is 1. The molecule has 1 aliphatic rings. The Hall–Kier alpha value is -2.82. The Balaban J connectivity index is 1.75. The van der Waals surface area contributed by atoms with Crippen LogP contribution in [0.3, 0.4) is 0 Å². The second kappa shape index (κ2) is 7.64. The van der Waals surface area contributed by atoms with Crippen LogP contribution < -0.4 is 5.32 Å². The van der Waals surface area contributed by atoms with Crippen molar-refractivity contribution in [3.8, 4) is 0 Å². The maximum Gasteiger partial charge on any atom is 0.318 e. The standard InChI is InChI=1S/C19H21N3O2/c23-15-21-11-13-22(14-12-21)19(24)20-18(16-7-3-1-4-8-16)17-9-5-2-6-10-17/h1-10,15,18H,11-14H2,(H,20,24). The number of piperazine rings is 1. The van der Waals surface area contributed by atoms with Gasteiger partial charge in [0.25, 0.3) is 0 Å². The Labute approximate surface area is 141 Å². The summed E-state index contributed by atoms with van der Waals surface area (Å²) in [6, 6.07) is 19.6. The van der Waals surface area contributed by atoms with Crippen molar-refractivity contribution in [2.24, 2.45) is 0 Å². The highest BCUT2D eigenvalue weighted by atomic mass is 16.2. The molecule has 0 spiro atoms. The van der Waals surface area contributed by atoms with Gasteiger partial charge in [-0.05, 0) is 11.1 Å². The van der Waals surface area contributed by atoms with Gasteiger partial charge >= 0.3 is 6.03 Å². The summed E-state index contributed by atoms with van der Waals surface area (Å²) in [7, 11) is 0. The fourth-order valence-electron chi connectivity index (χ4n) is 2.90. The second-order valence-corrected chi connectivity index (χ2v) is 5.83. The van der Waals surface area contributed by atoms with Gasteiger partial charge in [0.05, 0.1) is 6.04 Å². The minimum absolute atomic E-state index is 0.0988. The van der Waals surface area contributed by atoms with Gasteiger partial charge in [-0.25, -0.2) is 4.79 Å². The first kappa shape index (κ1) is 16.1. The van der Waals surface area contributed by atoms with Crippen molar-refractivity contribution in [1.82, 2.24) is 15.1 Å². The zero-order valence-electron chi connectivity index (χ0n) is 13.5. The van der Waals surface area contributed by atoms with Gasteiger partial charge in [0.1, 0.15) is 0 Å². The quantitative estimate of drug-likeness (QED) is 0.878. The van der Waals surface area contributed by atoms with Crippen LogP contribution in [0, 0.1) is 0 Å². The molecule has 0 atom stereocenters. The van der Waals surface area contributed by atoms with Crippen molar-refractivity contribution in [3.63, 3.8) is 0 Å². The maximum absolute atomic E-state index is 12.7. The summed E-state index contributed by atoms with van der Waals surface area (Å²) in [5.74, 6) is 0. The number of rotatable bonds is 4. The van der Waals surface area contributed by atoms with Crippen LogP contribution in [0.1, 0.15) is 17.2 Å². The Morgan fingerprint density at radius 1 is 0.875 bits per heavy atom. The molecule has 1 heterocycles. The number of amides is 3. The molecule has 0 aromatic heterocycles. The van der Waals surface area contributed by atoms with Crippen molar-refractivity contribution >= 4 is 12.4 Å². The normalized spacial score (nSPS) is 14.5. The van der Waals surface area contributed by atoms with Gasteiger partial charge in [-0.15, -0.1) is 0 Å². The van der Waals surface area contributed by atoms with Crippen LogP contribution in [-0.2, 0) is 4.79 Å². The molecule has 3 rings (SSSR count). The molecule has 1 saturated heterocycles. The molecule has 0 saturated carbocycles. The molecular weight excluding hydrogens is 302 g/mol. The van der Waals surface area contributed by atoms with Crippen LogP contribution in [0.4, 0.5) is 4.79 Å². The zero-order chi connectivity index (χ0) is 16.8. The summed E-state index contributed by atoms with van der Waals surface area (Å²) in [6.45, 7) is 2.28.